The van der Waals surface area contributed by atoms with Gasteiger partial charge in [0.1, 0.15) is 16.3 Å². The van der Waals surface area contributed by atoms with Crippen molar-refractivity contribution in [1.29, 1.82) is 0 Å². The Morgan fingerprint density at radius 3 is 2.36 bits per heavy atom. The molecule has 0 fully saturated rings. The summed E-state index contributed by atoms with van der Waals surface area (Å²) < 4.78 is 10.1. The second-order valence-electron chi connectivity index (χ2n) is 6.11. The van der Waals surface area contributed by atoms with Gasteiger partial charge < -0.3 is 14.8 Å². The third-order valence-corrected chi connectivity index (χ3v) is 5.21. The molecule has 3 rings (SSSR count). The second kappa shape index (κ2) is 9.19. The lowest BCUT2D eigenvalue weighted by Crippen LogP contribution is -2.14. The van der Waals surface area contributed by atoms with Crippen molar-refractivity contribution in [2.24, 2.45) is 0 Å². The number of anilines is 1. The molecule has 2 aromatic carbocycles. The molecule has 0 unspecified atom stereocenters. The number of nitrogens with one attached hydrogen (secondary N) is 1. The van der Waals surface area contributed by atoms with Gasteiger partial charge in [0.05, 0.1) is 14.2 Å². The molecule has 0 aliphatic rings. The minimum Gasteiger partial charge on any atom is -0.497 e. The van der Waals surface area contributed by atoms with Crippen molar-refractivity contribution < 1.29 is 19.1 Å². The number of hydrogen-bond donors (Lipinski definition) is 1. The first-order valence-electron chi connectivity index (χ1n) is 8.80. The van der Waals surface area contributed by atoms with E-state index in [-0.39, 0.29) is 5.91 Å². The molecule has 0 aliphatic heterocycles. The highest BCUT2D eigenvalue weighted by atomic mass is 32.1. The van der Waals surface area contributed by atoms with Crippen LogP contribution in [0.3, 0.4) is 0 Å². The lowest BCUT2D eigenvalue weighted by atomic mass is 10.0. The van der Waals surface area contributed by atoms with Gasteiger partial charge in [-0.1, -0.05) is 42.5 Å². The fourth-order valence-electron chi connectivity index (χ4n) is 2.83. The molecule has 0 spiro atoms. The van der Waals surface area contributed by atoms with E-state index in [1.165, 1.54) is 18.4 Å². The first kappa shape index (κ1) is 19.6. The number of amides is 1. The van der Waals surface area contributed by atoms with Crippen molar-refractivity contribution >= 4 is 28.2 Å². The summed E-state index contributed by atoms with van der Waals surface area (Å²) in [7, 11) is 2.93. The van der Waals surface area contributed by atoms with Crippen molar-refractivity contribution in [2.45, 2.75) is 12.8 Å². The molecule has 144 valence electrons. The predicted octanol–water partition coefficient (Wildman–Crippen LogP) is 4.78. The van der Waals surface area contributed by atoms with Gasteiger partial charge in [-0.3, -0.25) is 4.79 Å². The molecule has 1 aromatic heterocycles. The zero-order valence-electron chi connectivity index (χ0n) is 15.7. The smallest absolute Gasteiger partial charge is 0.341 e. The van der Waals surface area contributed by atoms with Crippen molar-refractivity contribution in [3.8, 4) is 16.9 Å². The quantitative estimate of drug-likeness (QED) is 0.585. The summed E-state index contributed by atoms with van der Waals surface area (Å²) in [6, 6.07) is 17.2. The summed E-state index contributed by atoms with van der Waals surface area (Å²) in [5, 5.41) is 5.21. The minimum atomic E-state index is -0.481. The van der Waals surface area contributed by atoms with E-state index in [0.717, 1.165) is 22.4 Å². The summed E-state index contributed by atoms with van der Waals surface area (Å²) in [5.74, 6) is 0.107. The Bertz CT molecular complexity index is 948. The van der Waals surface area contributed by atoms with E-state index in [0.29, 0.717) is 23.4 Å². The fourth-order valence-corrected chi connectivity index (χ4v) is 3.80. The Hall–Kier alpha value is -3.12. The summed E-state index contributed by atoms with van der Waals surface area (Å²) in [6.07, 6.45) is 0.970. The second-order valence-corrected chi connectivity index (χ2v) is 6.99. The van der Waals surface area contributed by atoms with Gasteiger partial charge in [0.25, 0.3) is 0 Å². The number of hydrogen-bond acceptors (Lipinski definition) is 5. The summed E-state index contributed by atoms with van der Waals surface area (Å²) in [4.78, 5) is 24.8. The Morgan fingerprint density at radius 2 is 1.71 bits per heavy atom. The standard InChI is InChI=1S/C22H21NO4S/c1-26-17-11-9-16(10-12-17)18-14-28-21(20(18)22(25)27-2)23-19(24)13-8-15-6-4-3-5-7-15/h3-7,9-12,14H,8,13H2,1-2H3,(H,23,24). The molecular formula is C22H21NO4S. The number of carbonyl (C=O) groups excluding carboxylic acids is 2. The van der Waals surface area contributed by atoms with Crippen LogP contribution < -0.4 is 10.1 Å². The highest BCUT2D eigenvalue weighted by Crippen LogP contribution is 2.36. The van der Waals surface area contributed by atoms with Crippen LogP contribution in [0.2, 0.25) is 0 Å². The van der Waals surface area contributed by atoms with Crippen molar-refractivity contribution in [2.75, 3.05) is 19.5 Å². The highest BCUT2D eigenvalue weighted by Gasteiger charge is 2.22. The van der Waals surface area contributed by atoms with Gasteiger partial charge in [-0.05, 0) is 29.7 Å². The normalized spacial score (nSPS) is 10.4. The van der Waals surface area contributed by atoms with E-state index >= 15 is 0 Å². The van der Waals surface area contributed by atoms with E-state index in [4.69, 9.17) is 9.47 Å². The molecule has 3 aromatic rings. The van der Waals surface area contributed by atoms with Gasteiger partial charge in [0.15, 0.2) is 0 Å². The van der Waals surface area contributed by atoms with Crippen LogP contribution in [-0.2, 0) is 16.0 Å². The molecule has 1 N–H and O–H groups in total. The van der Waals surface area contributed by atoms with E-state index in [9.17, 15) is 9.59 Å². The minimum absolute atomic E-state index is 0.142. The van der Waals surface area contributed by atoms with Gasteiger partial charge in [-0.2, -0.15) is 0 Å². The molecule has 0 saturated heterocycles. The first-order chi connectivity index (χ1) is 13.6. The molecule has 1 heterocycles. The lowest BCUT2D eigenvalue weighted by Gasteiger charge is -2.08. The van der Waals surface area contributed by atoms with Crippen molar-refractivity contribution in [3.63, 3.8) is 0 Å². The Morgan fingerprint density at radius 1 is 1.00 bits per heavy atom. The van der Waals surface area contributed by atoms with Gasteiger partial charge in [-0.25, -0.2) is 4.79 Å². The molecule has 0 saturated carbocycles. The zero-order chi connectivity index (χ0) is 19.9. The lowest BCUT2D eigenvalue weighted by molar-refractivity contribution is -0.116. The van der Waals surface area contributed by atoms with Crippen LogP contribution in [0.15, 0.2) is 60.0 Å². The maximum atomic E-state index is 12.4. The number of benzene rings is 2. The van der Waals surface area contributed by atoms with Crippen LogP contribution in [0.1, 0.15) is 22.3 Å². The number of esters is 1. The average molecular weight is 395 g/mol. The summed E-state index contributed by atoms with van der Waals surface area (Å²) in [6.45, 7) is 0. The number of carbonyl (C=O) groups is 2. The molecule has 0 atom stereocenters. The third kappa shape index (κ3) is 4.58. The fraction of sp³-hybridized carbons (Fsp3) is 0.182. The third-order valence-electron chi connectivity index (χ3n) is 4.32. The van der Waals surface area contributed by atoms with Crippen LogP contribution in [0.4, 0.5) is 5.00 Å². The number of methoxy groups -OCH3 is 2. The van der Waals surface area contributed by atoms with Crippen LogP contribution >= 0.6 is 11.3 Å². The topological polar surface area (TPSA) is 64.6 Å². The monoisotopic (exact) mass is 395 g/mol. The van der Waals surface area contributed by atoms with Crippen LogP contribution in [0.5, 0.6) is 5.75 Å². The molecule has 1 amide bonds. The average Bonchev–Trinajstić information content (AvgIpc) is 3.16. The highest BCUT2D eigenvalue weighted by molar-refractivity contribution is 7.15. The maximum absolute atomic E-state index is 12.4. The van der Waals surface area contributed by atoms with Crippen molar-refractivity contribution in [1.82, 2.24) is 0 Å². The Kier molecular flexibility index (Phi) is 6.45. The van der Waals surface area contributed by atoms with Crippen LogP contribution in [0, 0.1) is 0 Å². The number of ether oxygens (including phenoxy) is 2. The Balaban J connectivity index is 1.79. The van der Waals surface area contributed by atoms with E-state index in [1.807, 2.05) is 60.0 Å². The first-order valence-corrected chi connectivity index (χ1v) is 9.68. The number of rotatable bonds is 7. The van der Waals surface area contributed by atoms with Gasteiger partial charge in [0.2, 0.25) is 5.91 Å². The number of thiophene rings is 1. The van der Waals surface area contributed by atoms with Crippen LogP contribution in [0.25, 0.3) is 11.1 Å². The predicted molar refractivity (Wildman–Crippen MR) is 111 cm³/mol. The summed E-state index contributed by atoms with van der Waals surface area (Å²) >= 11 is 1.31. The SMILES string of the molecule is COC(=O)c1c(-c2ccc(OC)cc2)csc1NC(=O)CCc1ccccc1. The molecule has 6 heteroatoms. The summed E-state index contributed by atoms with van der Waals surface area (Å²) in [5.41, 5.74) is 3.03. The molecular weight excluding hydrogens is 374 g/mol. The zero-order valence-corrected chi connectivity index (χ0v) is 16.5. The van der Waals surface area contributed by atoms with E-state index < -0.39 is 5.97 Å². The number of aryl methyl sites for hydroxylation is 1. The van der Waals surface area contributed by atoms with Gasteiger partial charge in [0, 0.05) is 17.4 Å². The molecule has 0 radical (unpaired) electrons. The van der Waals surface area contributed by atoms with Crippen LogP contribution in [-0.4, -0.2) is 26.1 Å². The molecule has 0 bridgehead atoms. The van der Waals surface area contributed by atoms with E-state index in [2.05, 4.69) is 5.32 Å². The maximum Gasteiger partial charge on any atom is 0.341 e. The molecule has 0 aliphatic carbocycles. The molecule has 28 heavy (non-hydrogen) atoms. The molecule has 5 nitrogen and oxygen atoms in total. The largest absolute Gasteiger partial charge is 0.497 e. The van der Waals surface area contributed by atoms with E-state index in [1.54, 1.807) is 7.11 Å². The van der Waals surface area contributed by atoms with Crippen molar-refractivity contribution in [3.05, 3.63) is 71.1 Å². The Labute approximate surface area is 167 Å². The van der Waals surface area contributed by atoms with Gasteiger partial charge >= 0.3 is 5.97 Å². The van der Waals surface area contributed by atoms with Gasteiger partial charge in [-0.15, -0.1) is 11.3 Å².